The van der Waals surface area contributed by atoms with Gasteiger partial charge < -0.3 is 14.8 Å². The molecule has 1 unspecified atom stereocenters. The lowest BCUT2D eigenvalue weighted by molar-refractivity contribution is -0.141. The molecule has 0 saturated carbocycles. The van der Waals surface area contributed by atoms with Gasteiger partial charge in [-0.3, -0.25) is 9.59 Å². The highest BCUT2D eigenvalue weighted by Gasteiger charge is 2.19. The maximum atomic E-state index is 12.2. The third-order valence-electron chi connectivity index (χ3n) is 3.89. The van der Waals surface area contributed by atoms with E-state index in [-0.39, 0.29) is 29.6 Å². The van der Waals surface area contributed by atoms with Crippen LogP contribution in [0.4, 0.5) is 0 Å². The van der Waals surface area contributed by atoms with Gasteiger partial charge in [-0.05, 0) is 42.1 Å². The summed E-state index contributed by atoms with van der Waals surface area (Å²) in [7, 11) is -1.92. The average Bonchev–Trinajstić information content (AvgIpc) is 3.19. The van der Waals surface area contributed by atoms with E-state index in [1.165, 1.54) is 30.6 Å². The van der Waals surface area contributed by atoms with Gasteiger partial charge in [0.05, 0.1) is 31.1 Å². The summed E-state index contributed by atoms with van der Waals surface area (Å²) in [6, 6.07) is 9.44. The van der Waals surface area contributed by atoms with Crippen LogP contribution in [0.2, 0.25) is 0 Å². The van der Waals surface area contributed by atoms with Gasteiger partial charge in [-0.15, -0.1) is 11.3 Å². The van der Waals surface area contributed by atoms with E-state index in [1.54, 1.807) is 12.1 Å². The maximum Gasteiger partial charge on any atom is 0.307 e. The van der Waals surface area contributed by atoms with E-state index < -0.39 is 15.9 Å². The van der Waals surface area contributed by atoms with Gasteiger partial charge in [-0.1, -0.05) is 6.07 Å². The first-order valence-electron chi connectivity index (χ1n) is 8.62. The first-order chi connectivity index (χ1) is 13.3. The molecule has 0 aliphatic rings. The third-order valence-corrected chi connectivity index (χ3v) is 6.00. The Morgan fingerprint density at radius 2 is 1.89 bits per heavy atom. The predicted molar refractivity (Wildman–Crippen MR) is 106 cm³/mol. The summed E-state index contributed by atoms with van der Waals surface area (Å²) in [5.41, 5.74) is 0. The van der Waals surface area contributed by atoms with Crippen molar-refractivity contribution < 1.29 is 27.5 Å². The van der Waals surface area contributed by atoms with E-state index in [9.17, 15) is 18.0 Å². The number of carbonyl (C=O) groups excluding carboxylic acids is 2. The smallest absolute Gasteiger partial charge is 0.307 e. The van der Waals surface area contributed by atoms with E-state index in [1.807, 2.05) is 17.5 Å². The lowest BCUT2D eigenvalue weighted by Crippen LogP contribution is -2.30. The largest absolute Gasteiger partial charge is 0.494 e. The van der Waals surface area contributed by atoms with E-state index in [4.69, 9.17) is 9.47 Å². The topological polar surface area (TPSA) is 98.8 Å². The summed E-state index contributed by atoms with van der Waals surface area (Å²) in [5.74, 6) is -0.0344. The highest BCUT2D eigenvalue weighted by Crippen LogP contribution is 2.22. The normalized spacial score (nSPS) is 12.2. The zero-order chi connectivity index (χ0) is 20.6. The number of sulfone groups is 1. The van der Waals surface area contributed by atoms with Crippen molar-refractivity contribution in [3.63, 3.8) is 0 Å². The molecular formula is C19H23NO6S2. The standard InChI is InChI=1S/C19H23NO6S2/c1-25-19(22)13-16(17-5-4-12-27-17)20-18(21)6-3-11-26-14-7-9-15(10-8-14)28(2,23)24/h4-5,7-10,12,16H,3,6,11,13H2,1-2H3,(H,20,21). The second-order valence-electron chi connectivity index (χ2n) is 6.11. The monoisotopic (exact) mass is 425 g/mol. The average molecular weight is 426 g/mol. The van der Waals surface area contributed by atoms with E-state index >= 15 is 0 Å². The van der Waals surface area contributed by atoms with Crippen LogP contribution >= 0.6 is 11.3 Å². The molecule has 7 nitrogen and oxygen atoms in total. The van der Waals surface area contributed by atoms with Gasteiger partial charge in [0.15, 0.2) is 9.84 Å². The number of hydrogen-bond donors (Lipinski definition) is 1. The molecule has 1 N–H and O–H groups in total. The lowest BCUT2D eigenvalue weighted by atomic mass is 10.1. The Bertz CT molecular complexity index is 876. The molecule has 0 spiro atoms. The molecule has 1 heterocycles. The Labute approximate surface area is 168 Å². The third kappa shape index (κ3) is 6.97. The van der Waals surface area contributed by atoms with Crippen LogP contribution in [0, 0.1) is 0 Å². The van der Waals surface area contributed by atoms with Crippen LogP contribution < -0.4 is 10.1 Å². The highest BCUT2D eigenvalue weighted by atomic mass is 32.2. The number of thiophene rings is 1. The fourth-order valence-electron chi connectivity index (χ4n) is 2.43. The molecule has 0 aliphatic heterocycles. The fraction of sp³-hybridized carbons (Fsp3) is 0.368. The van der Waals surface area contributed by atoms with Gasteiger partial charge in [0, 0.05) is 17.6 Å². The van der Waals surface area contributed by atoms with Crippen LogP contribution in [-0.2, 0) is 24.2 Å². The van der Waals surface area contributed by atoms with E-state index in [2.05, 4.69) is 5.32 Å². The first-order valence-corrected chi connectivity index (χ1v) is 11.4. The van der Waals surface area contributed by atoms with Crippen molar-refractivity contribution in [2.24, 2.45) is 0 Å². The number of rotatable bonds is 10. The van der Waals surface area contributed by atoms with Crippen LogP contribution in [0.15, 0.2) is 46.7 Å². The van der Waals surface area contributed by atoms with Crippen molar-refractivity contribution in [2.45, 2.75) is 30.2 Å². The van der Waals surface area contributed by atoms with Crippen molar-refractivity contribution in [2.75, 3.05) is 20.0 Å². The van der Waals surface area contributed by atoms with Crippen molar-refractivity contribution >= 4 is 33.1 Å². The molecular weight excluding hydrogens is 402 g/mol. The van der Waals surface area contributed by atoms with Gasteiger partial charge in [-0.25, -0.2) is 8.42 Å². The molecule has 2 rings (SSSR count). The van der Waals surface area contributed by atoms with Gasteiger partial charge in [0.2, 0.25) is 5.91 Å². The Balaban J connectivity index is 1.78. The SMILES string of the molecule is COC(=O)CC(NC(=O)CCCOc1ccc(S(C)(=O)=O)cc1)c1cccs1. The quantitative estimate of drug-likeness (QED) is 0.464. The van der Waals surface area contributed by atoms with Gasteiger partial charge >= 0.3 is 5.97 Å². The van der Waals surface area contributed by atoms with Crippen LogP contribution in [0.25, 0.3) is 0 Å². The number of methoxy groups -OCH3 is 1. The Morgan fingerprint density at radius 1 is 1.18 bits per heavy atom. The van der Waals surface area contributed by atoms with Gasteiger partial charge in [-0.2, -0.15) is 0 Å². The molecule has 9 heteroatoms. The number of hydrogen-bond acceptors (Lipinski definition) is 7. The van der Waals surface area contributed by atoms with Gasteiger partial charge in [0.1, 0.15) is 5.75 Å². The predicted octanol–water partition coefficient (Wildman–Crippen LogP) is 2.73. The number of esters is 1. The summed E-state index contributed by atoms with van der Waals surface area (Å²) in [6.45, 7) is 0.312. The summed E-state index contributed by atoms with van der Waals surface area (Å²) in [4.78, 5) is 24.9. The number of ether oxygens (including phenoxy) is 2. The Morgan fingerprint density at radius 3 is 2.46 bits per heavy atom. The minimum absolute atomic E-state index is 0.0753. The molecule has 0 saturated heterocycles. The second-order valence-corrected chi connectivity index (χ2v) is 9.11. The van der Waals surface area contributed by atoms with Crippen molar-refractivity contribution in [1.82, 2.24) is 5.32 Å². The molecule has 0 aliphatic carbocycles. The summed E-state index contributed by atoms with van der Waals surface area (Å²) in [5, 5.41) is 4.74. The van der Waals surface area contributed by atoms with Crippen molar-refractivity contribution in [3.8, 4) is 5.75 Å². The van der Waals surface area contributed by atoms with Crippen molar-refractivity contribution in [1.29, 1.82) is 0 Å². The Hall–Kier alpha value is -2.39. The van der Waals surface area contributed by atoms with E-state index in [0.29, 0.717) is 18.8 Å². The van der Waals surface area contributed by atoms with Crippen LogP contribution in [0.1, 0.15) is 30.2 Å². The minimum Gasteiger partial charge on any atom is -0.494 e. The molecule has 2 aromatic rings. The van der Waals surface area contributed by atoms with Crippen LogP contribution in [0.5, 0.6) is 5.75 Å². The summed E-state index contributed by atoms with van der Waals surface area (Å²) >= 11 is 1.46. The number of amides is 1. The molecule has 0 fully saturated rings. The number of benzene rings is 1. The van der Waals surface area contributed by atoms with Crippen LogP contribution in [-0.4, -0.2) is 40.3 Å². The zero-order valence-electron chi connectivity index (χ0n) is 15.7. The molecule has 0 bridgehead atoms. The van der Waals surface area contributed by atoms with Gasteiger partial charge in [0.25, 0.3) is 0 Å². The number of nitrogens with one attached hydrogen (secondary N) is 1. The molecule has 28 heavy (non-hydrogen) atoms. The van der Waals surface area contributed by atoms with E-state index in [0.717, 1.165) is 11.1 Å². The first kappa shape index (κ1) is 21.9. The lowest BCUT2D eigenvalue weighted by Gasteiger charge is -2.16. The van der Waals surface area contributed by atoms with Crippen LogP contribution in [0.3, 0.4) is 0 Å². The molecule has 152 valence electrons. The molecule has 1 atom stereocenters. The fourth-order valence-corrected chi connectivity index (χ4v) is 3.84. The molecule has 1 amide bonds. The Kier molecular flexibility index (Phi) is 8.01. The van der Waals surface area contributed by atoms with Crippen molar-refractivity contribution in [3.05, 3.63) is 46.7 Å². The molecule has 1 aromatic heterocycles. The minimum atomic E-state index is -3.24. The maximum absolute atomic E-state index is 12.2. The zero-order valence-corrected chi connectivity index (χ0v) is 17.3. The molecule has 0 radical (unpaired) electrons. The number of carbonyl (C=O) groups is 2. The summed E-state index contributed by atoms with van der Waals surface area (Å²) < 4.78 is 33.1. The summed E-state index contributed by atoms with van der Waals surface area (Å²) in [6.07, 6.45) is 1.94. The highest BCUT2D eigenvalue weighted by molar-refractivity contribution is 7.90. The second kappa shape index (κ2) is 10.2. The molecule has 1 aromatic carbocycles.